The number of fused-ring (bicyclic) bond motifs is 1. The second-order valence-electron chi connectivity index (χ2n) is 7.39. The Morgan fingerprint density at radius 2 is 2.00 bits per heavy atom. The molecule has 1 aliphatic rings. The fourth-order valence-corrected chi connectivity index (χ4v) is 2.93. The summed E-state index contributed by atoms with van der Waals surface area (Å²) in [6.07, 6.45) is 4.25. The molecular formula is C20H22N4O2. The molecule has 1 aliphatic carbocycles. The van der Waals surface area contributed by atoms with E-state index in [2.05, 4.69) is 15.4 Å². The number of anilines is 1. The minimum atomic E-state index is -0.917. The summed E-state index contributed by atoms with van der Waals surface area (Å²) < 4.78 is 1.77. The van der Waals surface area contributed by atoms with E-state index in [-0.39, 0.29) is 12.2 Å². The molecule has 1 saturated carbocycles. The Kier molecular flexibility index (Phi) is 4.00. The molecule has 0 bridgehead atoms. The van der Waals surface area contributed by atoms with Crippen molar-refractivity contribution in [1.82, 2.24) is 14.6 Å². The normalized spacial score (nSPS) is 14.6. The van der Waals surface area contributed by atoms with Gasteiger partial charge in [-0.3, -0.25) is 4.79 Å². The Morgan fingerprint density at radius 3 is 2.65 bits per heavy atom. The number of carbonyl (C=O) groups excluding carboxylic acids is 1. The van der Waals surface area contributed by atoms with Crippen LogP contribution in [0.1, 0.15) is 48.3 Å². The zero-order chi connectivity index (χ0) is 18.3. The van der Waals surface area contributed by atoms with Gasteiger partial charge < -0.3 is 10.4 Å². The lowest BCUT2D eigenvalue weighted by Gasteiger charge is -2.17. The fourth-order valence-electron chi connectivity index (χ4n) is 2.93. The van der Waals surface area contributed by atoms with Crippen molar-refractivity contribution in [2.24, 2.45) is 0 Å². The molecule has 134 valence electrons. The van der Waals surface area contributed by atoms with Gasteiger partial charge in [-0.15, -0.1) is 0 Å². The summed E-state index contributed by atoms with van der Waals surface area (Å²) in [6, 6.07) is 11.3. The SMILES string of the molecule is CC(C)(O)c1ccc(C(=O)Cc2cc(NC3CC3)n3nccc3n2)cc1. The maximum Gasteiger partial charge on any atom is 0.168 e. The van der Waals surface area contributed by atoms with Gasteiger partial charge in [0.05, 0.1) is 23.9 Å². The lowest BCUT2D eigenvalue weighted by Crippen LogP contribution is -2.15. The first kappa shape index (κ1) is 16.7. The molecule has 0 atom stereocenters. The first-order valence-electron chi connectivity index (χ1n) is 8.86. The molecule has 6 nitrogen and oxygen atoms in total. The van der Waals surface area contributed by atoms with E-state index in [4.69, 9.17) is 0 Å². The molecule has 6 heteroatoms. The van der Waals surface area contributed by atoms with Gasteiger partial charge in [0.15, 0.2) is 11.4 Å². The highest BCUT2D eigenvalue weighted by Crippen LogP contribution is 2.25. The van der Waals surface area contributed by atoms with Crippen LogP contribution in [0, 0.1) is 0 Å². The van der Waals surface area contributed by atoms with Gasteiger partial charge in [0.1, 0.15) is 5.82 Å². The summed E-state index contributed by atoms with van der Waals surface area (Å²) in [5, 5.41) is 17.8. The predicted molar refractivity (Wildman–Crippen MR) is 99.4 cm³/mol. The molecule has 1 aromatic carbocycles. The third kappa shape index (κ3) is 3.46. The summed E-state index contributed by atoms with van der Waals surface area (Å²) in [4.78, 5) is 17.2. The van der Waals surface area contributed by atoms with Crippen LogP contribution in [-0.4, -0.2) is 31.5 Å². The summed E-state index contributed by atoms with van der Waals surface area (Å²) >= 11 is 0. The van der Waals surface area contributed by atoms with E-state index >= 15 is 0 Å². The average Bonchev–Trinajstić information content (AvgIpc) is 3.28. The van der Waals surface area contributed by atoms with Crippen molar-refractivity contribution < 1.29 is 9.90 Å². The first-order chi connectivity index (χ1) is 12.4. The number of ketones is 1. The minimum absolute atomic E-state index is 0.000957. The van der Waals surface area contributed by atoms with E-state index < -0.39 is 5.60 Å². The molecule has 0 saturated heterocycles. The van der Waals surface area contributed by atoms with Gasteiger partial charge in [-0.1, -0.05) is 24.3 Å². The third-order valence-corrected chi connectivity index (χ3v) is 4.60. The quantitative estimate of drug-likeness (QED) is 0.668. The highest BCUT2D eigenvalue weighted by Gasteiger charge is 2.23. The van der Waals surface area contributed by atoms with Gasteiger partial charge in [0, 0.05) is 23.7 Å². The summed E-state index contributed by atoms with van der Waals surface area (Å²) in [7, 11) is 0. The number of aliphatic hydroxyl groups is 1. The number of hydrogen-bond donors (Lipinski definition) is 2. The molecule has 2 aromatic heterocycles. The maximum atomic E-state index is 12.6. The van der Waals surface area contributed by atoms with Gasteiger partial charge in [0.25, 0.3) is 0 Å². The molecule has 4 rings (SSSR count). The van der Waals surface area contributed by atoms with E-state index in [1.807, 2.05) is 12.1 Å². The minimum Gasteiger partial charge on any atom is -0.386 e. The number of carbonyl (C=O) groups is 1. The molecule has 0 spiro atoms. The predicted octanol–water partition coefficient (Wildman–Crippen LogP) is 2.96. The van der Waals surface area contributed by atoms with Crippen LogP contribution in [0.15, 0.2) is 42.6 Å². The monoisotopic (exact) mass is 350 g/mol. The highest BCUT2D eigenvalue weighted by molar-refractivity contribution is 5.97. The van der Waals surface area contributed by atoms with Crippen molar-refractivity contribution >= 4 is 17.2 Å². The van der Waals surface area contributed by atoms with Crippen LogP contribution in [0.3, 0.4) is 0 Å². The molecule has 2 N–H and O–H groups in total. The zero-order valence-corrected chi connectivity index (χ0v) is 14.9. The van der Waals surface area contributed by atoms with Crippen molar-refractivity contribution in [2.45, 2.75) is 44.8 Å². The molecule has 26 heavy (non-hydrogen) atoms. The second-order valence-corrected chi connectivity index (χ2v) is 7.39. The number of Topliss-reactive ketones (excluding diaryl/α,β-unsaturated/α-hetero) is 1. The van der Waals surface area contributed by atoms with Gasteiger partial charge >= 0.3 is 0 Å². The topological polar surface area (TPSA) is 79.5 Å². The first-order valence-corrected chi connectivity index (χ1v) is 8.86. The zero-order valence-electron chi connectivity index (χ0n) is 14.9. The van der Waals surface area contributed by atoms with Gasteiger partial charge in [0.2, 0.25) is 0 Å². The number of aromatic nitrogens is 3. The third-order valence-electron chi connectivity index (χ3n) is 4.60. The van der Waals surface area contributed by atoms with E-state index in [9.17, 15) is 9.90 Å². The molecule has 0 unspecified atom stereocenters. The van der Waals surface area contributed by atoms with Gasteiger partial charge in [-0.2, -0.15) is 9.61 Å². The molecular weight excluding hydrogens is 328 g/mol. The molecule has 2 heterocycles. The molecule has 0 amide bonds. The Balaban J connectivity index is 1.57. The number of benzene rings is 1. The standard InChI is InChI=1S/C20H22N4O2/c1-20(2,26)14-5-3-13(4-6-14)17(25)11-16-12-19(22-15-7-8-15)24-18(23-16)9-10-21-24/h3-6,9-10,12,15,22,26H,7-8,11H2,1-2H3. The van der Waals surface area contributed by atoms with Crippen molar-refractivity contribution in [2.75, 3.05) is 5.32 Å². The molecule has 1 fully saturated rings. The number of nitrogens with one attached hydrogen (secondary N) is 1. The number of nitrogens with zero attached hydrogens (tertiary/aromatic N) is 3. The van der Waals surface area contributed by atoms with Crippen LogP contribution >= 0.6 is 0 Å². The fraction of sp³-hybridized carbons (Fsp3) is 0.350. The lowest BCUT2D eigenvalue weighted by molar-refractivity contribution is 0.0784. The van der Waals surface area contributed by atoms with Gasteiger partial charge in [-0.05, 0) is 32.3 Å². The van der Waals surface area contributed by atoms with E-state index in [1.165, 1.54) is 0 Å². The van der Waals surface area contributed by atoms with Crippen LogP contribution < -0.4 is 5.32 Å². The second kappa shape index (κ2) is 6.21. The molecule has 3 aromatic rings. The lowest BCUT2D eigenvalue weighted by atomic mass is 9.96. The number of rotatable bonds is 6. The van der Waals surface area contributed by atoms with E-state index in [0.717, 1.165) is 35.6 Å². The number of hydrogen-bond acceptors (Lipinski definition) is 5. The average molecular weight is 350 g/mol. The summed E-state index contributed by atoms with van der Waals surface area (Å²) in [6.45, 7) is 3.45. The van der Waals surface area contributed by atoms with Crippen molar-refractivity contribution in [3.05, 3.63) is 59.4 Å². The summed E-state index contributed by atoms with van der Waals surface area (Å²) in [5.74, 6) is 0.878. The maximum absolute atomic E-state index is 12.6. The Morgan fingerprint density at radius 1 is 1.27 bits per heavy atom. The smallest absolute Gasteiger partial charge is 0.168 e. The van der Waals surface area contributed by atoms with E-state index in [1.54, 1.807) is 48.8 Å². The molecule has 0 aliphatic heterocycles. The highest BCUT2D eigenvalue weighted by atomic mass is 16.3. The Bertz CT molecular complexity index is 950. The van der Waals surface area contributed by atoms with Gasteiger partial charge in [-0.25, -0.2) is 4.98 Å². The molecule has 0 radical (unpaired) electrons. The van der Waals surface area contributed by atoms with Crippen LogP contribution in [-0.2, 0) is 12.0 Å². The Labute approximate surface area is 151 Å². The van der Waals surface area contributed by atoms with E-state index in [0.29, 0.717) is 11.6 Å². The van der Waals surface area contributed by atoms with Crippen LogP contribution in [0.4, 0.5) is 5.82 Å². The van der Waals surface area contributed by atoms with Crippen LogP contribution in [0.25, 0.3) is 5.65 Å². The summed E-state index contributed by atoms with van der Waals surface area (Å²) in [5.41, 5.74) is 1.93. The van der Waals surface area contributed by atoms with Crippen LogP contribution in [0.2, 0.25) is 0 Å². The van der Waals surface area contributed by atoms with Crippen molar-refractivity contribution in [3.63, 3.8) is 0 Å². The largest absolute Gasteiger partial charge is 0.386 e. The van der Waals surface area contributed by atoms with Crippen molar-refractivity contribution in [1.29, 1.82) is 0 Å². The van der Waals surface area contributed by atoms with Crippen molar-refractivity contribution in [3.8, 4) is 0 Å². The Hall–Kier alpha value is -2.73. The van der Waals surface area contributed by atoms with Crippen LogP contribution in [0.5, 0.6) is 0 Å².